The fourth-order valence-corrected chi connectivity index (χ4v) is 5.27. The minimum Gasteiger partial charge on any atom is -0.391 e. The number of imidazole rings is 1. The quantitative estimate of drug-likeness (QED) is 0.662. The number of carbonyl (C=O) groups is 2. The summed E-state index contributed by atoms with van der Waals surface area (Å²) >= 11 is 0. The van der Waals surface area contributed by atoms with E-state index in [4.69, 9.17) is 0 Å². The van der Waals surface area contributed by atoms with Crippen molar-refractivity contribution in [3.05, 3.63) is 60.0 Å². The lowest BCUT2D eigenvalue weighted by Gasteiger charge is -2.46. The van der Waals surface area contributed by atoms with Crippen LogP contribution in [-0.4, -0.2) is 74.0 Å². The highest BCUT2D eigenvalue weighted by Gasteiger charge is 2.48. The minimum atomic E-state index is -0.553. The van der Waals surface area contributed by atoms with E-state index in [1.807, 2.05) is 22.8 Å². The van der Waals surface area contributed by atoms with Crippen LogP contribution >= 0.6 is 0 Å². The number of aromatic nitrogens is 3. The zero-order valence-corrected chi connectivity index (χ0v) is 18.9. The molecule has 0 bridgehead atoms. The van der Waals surface area contributed by atoms with E-state index < -0.39 is 11.5 Å². The van der Waals surface area contributed by atoms with E-state index in [2.05, 4.69) is 22.1 Å². The number of aliphatic hydroxyl groups is 1. The van der Waals surface area contributed by atoms with Crippen LogP contribution < -0.4 is 0 Å². The number of aliphatic hydroxyl groups excluding tert-OH is 1. The van der Waals surface area contributed by atoms with Crippen molar-refractivity contribution in [2.24, 2.45) is 5.41 Å². The number of hydrogen-bond donors (Lipinski definition) is 1. The van der Waals surface area contributed by atoms with E-state index >= 15 is 0 Å². The summed E-state index contributed by atoms with van der Waals surface area (Å²) in [4.78, 5) is 38.3. The molecule has 1 spiro atoms. The zero-order valence-electron chi connectivity index (χ0n) is 18.9. The molecule has 1 aromatic carbocycles. The Morgan fingerprint density at radius 3 is 2.70 bits per heavy atom. The van der Waals surface area contributed by atoms with Crippen molar-refractivity contribution in [3.63, 3.8) is 0 Å². The van der Waals surface area contributed by atoms with Gasteiger partial charge in [0.15, 0.2) is 5.65 Å². The van der Waals surface area contributed by atoms with Crippen LogP contribution in [0.25, 0.3) is 11.2 Å². The number of β-amino-alcohol motifs (C(OH)–C–C–N with tert-alkyl or cyclic N) is 1. The first kappa shape index (κ1) is 21.6. The van der Waals surface area contributed by atoms with Crippen LogP contribution in [0, 0.1) is 5.41 Å². The molecule has 2 aromatic heterocycles. The maximum Gasteiger partial charge on any atom is 0.255 e. The molecular formula is C25H29N5O3. The summed E-state index contributed by atoms with van der Waals surface area (Å²) < 4.78 is 2.01. The third kappa shape index (κ3) is 4.11. The molecule has 5 rings (SSSR count). The smallest absolute Gasteiger partial charge is 0.255 e. The first-order valence-corrected chi connectivity index (χ1v) is 11.5. The summed E-state index contributed by atoms with van der Waals surface area (Å²) in [5.74, 6) is -0.000672. The van der Waals surface area contributed by atoms with Gasteiger partial charge in [0.2, 0.25) is 5.91 Å². The molecule has 1 unspecified atom stereocenters. The third-order valence-corrected chi connectivity index (χ3v) is 7.11. The van der Waals surface area contributed by atoms with Gasteiger partial charge in [-0.3, -0.25) is 9.59 Å². The molecule has 3 aromatic rings. The molecule has 8 nitrogen and oxygen atoms in total. The molecule has 2 amide bonds. The Balaban J connectivity index is 1.26. The van der Waals surface area contributed by atoms with Crippen molar-refractivity contribution in [1.29, 1.82) is 0 Å². The first-order chi connectivity index (χ1) is 15.9. The van der Waals surface area contributed by atoms with Crippen molar-refractivity contribution >= 4 is 23.0 Å². The molecule has 172 valence electrons. The normalized spacial score (nSPS) is 20.5. The number of piperidine rings is 2. The van der Waals surface area contributed by atoms with Crippen molar-refractivity contribution in [1.82, 2.24) is 24.3 Å². The molecule has 2 aliphatic heterocycles. The third-order valence-electron chi connectivity index (χ3n) is 7.11. The molecule has 4 heterocycles. The van der Waals surface area contributed by atoms with E-state index in [0.717, 1.165) is 18.6 Å². The number of rotatable bonds is 4. The Morgan fingerprint density at radius 1 is 1.18 bits per heavy atom. The van der Waals surface area contributed by atoms with Gasteiger partial charge in [-0.05, 0) is 37.3 Å². The van der Waals surface area contributed by atoms with Crippen LogP contribution in [0.15, 0.2) is 48.9 Å². The number of fused-ring (bicyclic) bond motifs is 1. The summed E-state index contributed by atoms with van der Waals surface area (Å²) in [7, 11) is 1.74. The molecule has 1 N–H and O–H groups in total. The van der Waals surface area contributed by atoms with Gasteiger partial charge in [0.05, 0.1) is 23.4 Å². The van der Waals surface area contributed by atoms with Gasteiger partial charge in [-0.15, -0.1) is 0 Å². The maximum atomic E-state index is 13.1. The predicted octanol–water partition coefficient (Wildman–Crippen LogP) is 2.12. The van der Waals surface area contributed by atoms with Gasteiger partial charge in [0.1, 0.15) is 5.52 Å². The average molecular weight is 448 g/mol. The van der Waals surface area contributed by atoms with E-state index in [1.54, 1.807) is 35.4 Å². The fraction of sp³-hybridized carbons (Fsp3) is 0.440. The first-order valence-electron chi connectivity index (χ1n) is 11.5. The van der Waals surface area contributed by atoms with Gasteiger partial charge in [0.25, 0.3) is 5.91 Å². The molecule has 2 aliphatic rings. The molecule has 33 heavy (non-hydrogen) atoms. The van der Waals surface area contributed by atoms with Crippen LogP contribution in [0.5, 0.6) is 0 Å². The van der Waals surface area contributed by atoms with Crippen molar-refractivity contribution in [2.45, 2.75) is 38.3 Å². The summed E-state index contributed by atoms with van der Waals surface area (Å²) in [6.07, 6.45) is 5.40. The molecule has 8 heteroatoms. The van der Waals surface area contributed by atoms with E-state index in [-0.39, 0.29) is 11.8 Å². The van der Waals surface area contributed by atoms with Crippen molar-refractivity contribution in [3.8, 4) is 0 Å². The number of pyridine rings is 1. The van der Waals surface area contributed by atoms with Crippen LogP contribution in [0.4, 0.5) is 0 Å². The lowest BCUT2D eigenvalue weighted by Crippen LogP contribution is -2.56. The highest BCUT2D eigenvalue weighted by Crippen LogP contribution is 2.40. The summed E-state index contributed by atoms with van der Waals surface area (Å²) in [6.45, 7) is 2.14. The standard InChI is InChI=1S/C25H29N5O3/c1-28-16-20(31)14-25(24(28)33)8-11-29(12-9-25)23(32)19-13-21-22(26-15-19)30(17-27-21)10-7-18-5-3-2-4-6-18/h2-6,13,15,17,20,31H,7-12,14,16H2,1H3. The molecule has 0 radical (unpaired) electrons. The van der Waals surface area contributed by atoms with Gasteiger partial charge in [-0.1, -0.05) is 30.3 Å². The van der Waals surface area contributed by atoms with Gasteiger partial charge in [-0.2, -0.15) is 0 Å². The van der Waals surface area contributed by atoms with E-state index in [0.29, 0.717) is 50.0 Å². The Kier molecular flexibility index (Phi) is 5.62. The number of benzene rings is 1. The highest BCUT2D eigenvalue weighted by atomic mass is 16.3. The summed E-state index contributed by atoms with van der Waals surface area (Å²) in [5.41, 5.74) is 2.69. The second-order valence-corrected chi connectivity index (χ2v) is 9.36. The Morgan fingerprint density at radius 2 is 1.94 bits per heavy atom. The molecule has 0 saturated carbocycles. The number of hydrogen-bond acceptors (Lipinski definition) is 5. The second-order valence-electron chi connectivity index (χ2n) is 9.36. The van der Waals surface area contributed by atoms with Gasteiger partial charge in [0, 0.05) is 39.4 Å². The SMILES string of the molecule is CN1CC(O)CC2(CCN(C(=O)c3cnc4c(c3)ncn4CCc3ccccc3)CC2)C1=O. The second kappa shape index (κ2) is 8.59. The topological polar surface area (TPSA) is 91.6 Å². The lowest BCUT2D eigenvalue weighted by molar-refractivity contribution is -0.154. The molecular weight excluding hydrogens is 418 g/mol. The number of amides is 2. The Labute approximate surface area is 192 Å². The summed E-state index contributed by atoms with van der Waals surface area (Å²) in [6, 6.07) is 12.1. The van der Waals surface area contributed by atoms with Gasteiger partial charge >= 0.3 is 0 Å². The monoisotopic (exact) mass is 447 g/mol. The molecule has 2 saturated heterocycles. The predicted molar refractivity (Wildman–Crippen MR) is 124 cm³/mol. The van der Waals surface area contributed by atoms with Crippen LogP contribution in [-0.2, 0) is 17.8 Å². The highest BCUT2D eigenvalue weighted by molar-refractivity contribution is 5.96. The average Bonchev–Trinajstić information content (AvgIpc) is 3.24. The Bertz CT molecular complexity index is 1170. The van der Waals surface area contributed by atoms with E-state index in [9.17, 15) is 14.7 Å². The van der Waals surface area contributed by atoms with Crippen LogP contribution in [0.2, 0.25) is 0 Å². The van der Waals surface area contributed by atoms with Crippen LogP contribution in [0.1, 0.15) is 35.2 Å². The fourth-order valence-electron chi connectivity index (χ4n) is 5.27. The van der Waals surface area contributed by atoms with Crippen LogP contribution in [0.3, 0.4) is 0 Å². The maximum absolute atomic E-state index is 13.1. The number of likely N-dealkylation sites (tertiary alicyclic amines) is 2. The zero-order chi connectivity index (χ0) is 23.0. The van der Waals surface area contributed by atoms with Gasteiger partial charge in [-0.25, -0.2) is 9.97 Å². The lowest BCUT2D eigenvalue weighted by atomic mass is 9.71. The number of carbonyl (C=O) groups excluding carboxylic acids is 2. The van der Waals surface area contributed by atoms with E-state index in [1.165, 1.54) is 5.56 Å². The molecule has 1 atom stereocenters. The number of likely N-dealkylation sites (N-methyl/N-ethyl adjacent to an activating group) is 1. The summed E-state index contributed by atoms with van der Waals surface area (Å²) in [5, 5.41) is 10.2. The van der Waals surface area contributed by atoms with Gasteiger partial charge < -0.3 is 19.5 Å². The Hall–Kier alpha value is -3.26. The number of nitrogens with zero attached hydrogens (tertiary/aromatic N) is 5. The minimum absolute atomic E-state index is 0.0871. The number of aryl methyl sites for hydroxylation is 2. The molecule has 0 aliphatic carbocycles. The molecule has 2 fully saturated rings. The van der Waals surface area contributed by atoms with Crippen molar-refractivity contribution < 1.29 is 14.7 Å². The largest absolute Gasteiger partial charge is 0.391 e. The van der Waals surface area contributed by atoms with Crippen molar-refractivity contribution in [2.75, 3.05) is 26.7 Å².